The summed E-state index contributed by atoms with van der Waals surface area (Å²) in [6.45, 7) is 4.06. The van der Waals surface area contributed by atoms with Crippen LogP contribution in [0, 0.1) is 0 Å². The average molecular weight is 289 g/mol. The lowest BCUT2D eigenvalue weighted by Gasteiger charge is -2.30. The maximum absolute atomic E-state index is 11.9. The predicted octanol–water partition coefficient (Wildman–Crippen LogP) is 2.52. The van der Waals surface area contributed by atoms with E-state index < -0.39 is 10.6 Å². The van der Waals surface area contributed by atoms with Crippen molar-refractivity contribution in [2.75, 3.05) is 6.54 Å². The quantitative estimate of drug-likeness (QED) is 0.786. The van der Waals surface area contributed by atoms with E-state index in [2.05, 4.69) is 4.98 Å². The van der Waals surface area contributed by atoms with Gasteiger partial charge in [-0.15, -0.1) is 0 Å². The van der Waals surface area contributed by atoms with Gasteiger partial charge in [0.2, 0.25) is 0 Å². The second-order valence-corrected chi connectivity index (χ2v) is 5.69. The zero-order chi connectivity index (χ0) is 13.3. The maximum atomic E-state index is 11.9. The fourth-order valence-corrected chi connectivity index (χ4v) is 2.28. The number of hydrogen-bond acceptors (Lipinski definition) is 3. The molecule has 2 heterocycles. The first-order valence-corrected chi connectivity index (χ1v) is 6.46. The number of amides is 1. The molecule has 0 bridgehead atoms. The van der Waals surface area contributed by atoms with Crippen molar-refractivity contribution in [3.05, 3.63) is 30.1 Å². The second kappa shape index (κ2) is 5.03. The minimum Gasteiger partial charge on any atom is -0.346 e. The Labute approximate surface area is 116 Å². The molecule has 0 spiro atoms. The van der Waals surface area contributed by atoms with Gasteiger partial charge in [-0.2, -0.15) is 0 Å². The number of alkyl halides is 2. The third-order valence-corrected chi connectivity index (χ3v) is 3.31. The molecule has 0 saturated carbocycles. The Balaban J connectivity index is 2.20. The van der Waals surface area contributed by atoms with Gasteiger partial charge in [0, 0.05) is 18.0 Å². The van der Waals surface area contributed by atoms with E-state index in [1.165, 1.54) is 0 Å². The normalized spacial score (nSPS) is 22.5. The first-order chi connectivity index (χ1) is 8.42. The lowest BCUT2D eigenvalue weighted by Crippen LogP contribution is -2.45. The summed E-state index contributed by atoms with van der Waals surface area (Å²) in [4.78, 5) is 16.4. The van der Waals surface area contributed by atoms with E-state index in [-0.39, 0.29) is 12.0 Å². The van der Waals surface area contributed by atoms with E-state index in [9.17, 15) is 4.79 Å². The number of carbonyl (C=O) groups is 1. The highest BCUT2D eigenvalue weighted by molar-refractivity contribution is 6.53. The van der Waals surface area contributed by atoms with Gasteiger partial charge in [0.1, 0.15) is 11.8 Å². The summed E-state index contributed by atoms with van der Waals surface area (Å²) in [5.74, 6) is -0.338. The van der Waals surface area contributed by atoms with E-state index in [1.807, 2.05) is 26.0 Å². The smallest absolute Gasteiger partial charge is 0.258 e. The Morgan fingerprint density at radius 2 is 2.33 bits per heavy atom. The summed E-state index contributed by atoms with van der Waals surface area (Å²) in [7, 11) is 0. The minimum atomic E-state index is -1.07. The van der Waals surface area contributed by atoms with Crippen molar-refractivity contribution >= 4 is 29.1 Å². The highest BCUT2D eigenvalue weighted by atomic mass is 35.5. The van der Waals surface area contributed by atoms with Gasteiger partial charge in [0.05, 0.1) is 6.54 Å². The lowest BCUT2D eigenvalue weighted by molar-refractivity contribution is -0.144. The first kappa shape index (κ1) is 13.6. The van der Waals surface area contributed by atoms with Crippen LogP contribution in [0.25, 0.3) is 0 Å². The number of aromatic nitrogens is 1. The zero-order valence-corrected chi connectivity index (χ0v) is 11.6. The zero-order valence-electron chi connectivity index (χ0n) is 10.1. The highest BCUT2D eigenvalue weighted by Gasteiger charge is 2.44. The number of rotatable bonds is 2. The Morgan fingerprint density at radius 1 is 1.61 bits per heavy atom. The van der Waals surface area contributed by atoms with Crippen LogP contribution < -0.4 is 0 Å². The van der Waals surface area contributed by atoms with Crippen LogP contribution >= 0.6 is 23.2 Å². The molecular weight excluding hydrogens is 275 g/mol. The van der Waals surface area contributed by atoms with E-state index in [0.717, 1.165) is 5.56 Å². The van der Waals surface area contributed by atoms with Crippen LogP contribution in [0.4, 0.5) is 0 Å². The fourth-order valence-electron chi connectivity index (χ4n) is 2.05. The van der Waals surface area contributed by atoms with Crippen LogP contribution in [-0.4, -0.2) is 32.9 Å². The summed E-state index contributed by atoms with van der Waals surface area (Å²) in [5, 5.41) is 0. The molecule has 1 aromatic rings. The SMILES string of the molecule is CC1(C)OC(c2cccnc2)CN1C(=O)C(Cl)Cl. The van der Waals surface area contributed by atoms with E-state index in [4.69, 9.17) is 27.9 Å². The molecule has 1 aromatic heterocycles. The molecule has 1 fully saturated rings. The number of pyridine rings is 1. The van der Waals surface area contributed by atoms with E-state index >= 15 is 0 Å². The van der Waals surface area contributed by atoms with Gasteiger partial charge in [-0.3, -0.25) is 9.78 Å². The number of nitrogens with zero attached hydrogens (tertiary/aromatic N) is 2. The number of halogens is 2. The molecule has 2 rings (SSSR count). The third-order valence-electron chi connectivity index (χ3n) is 2.94. The fraction of sp³-hybridized carbons (Fsp3) is 0.500. The molecule has 1 atom stereocenters. The van der Waals surface area contributed by atoms with Crippen molar-refractivity contribution in [2.45, 2.75) is 30.5 Å². The summed E-state index contributed by atoms with van der Waals surface area (Å²) >= 11 is 11.3. The number of hydrogen-bond donors (Lipinski definition) is 0. The molecule has 1 saturated heterocycles. The molecule has 0 aromatic carbocycles. The van der Waals surface area contributed by atoms with Crippen molar-refractivity contribution in [1.29, 1.82) is 0 Å². The topological polar surface area (TPSA) is 42.4 Å². The average Bonchev–Trinajstić information content (AvgIpc) is 2.65. The maximum Gasteiger partial charge on any atom is 0.258 e. The molecule has 1 unspecified atom stereocenters. The summed E-state index contributed by atoms with van der Waals surface area (Å²) in [6.07, 6.45) is 3.22. The molecule has 0 N–H and O–H groups in total. The van der Waals surface area contributed by atoms with Gasteiger partial charge in [-0.1, -0.05) is 29.3 Å². The molecule has 1 aliphatic heterocycles. The molecular formula is C12H14Cl2N2O2. The van der Waals surface area contributed by atoms with Crippen molar-refractivity contribution < 1.29 is 9.53 Å². The first-order valence-electron chi connectivity index (χ1n) is 5.59. The Kier molecular flexibility index (Phi) is 3.80. The van der Waals surface area contributed by atoms with Crippen LogP contribution in [-0.2, 0) is 9.53 Å². The molecule has 1 amide bonds. The Hall–Kier alpha value is -0.840. The van der Waals surface area contributed by atoms with Crippen molar-refractivity contribution in [3.63, 3.8) is 0 Å². The molecule has 4 nitrogen and oxygen atoms in total. The third kappa shape index (κ3) is 2.60. The Bertz CT molecular complexity index is 437. The molecule has 98 valence electrons. The Morgan fingerprint density at radius 3 is 2.89 bits per heavy atom. The van der Waals surface area contributed by atoms with Gasteiger partial charge in [-0.05, 0) is 19.9 Å². The molecule has 0 radical (unpaired) electrons. The van der Waals surface area contributed by atoms with Gasteiger partial charge in [0.15, 0.2) is 4.84 Å². The molecule has 18 heavy (non-hydrogen) atoms. The number of carbonyl (C=O) groups excluding carboxylic acids is 1. The van der Waals surface area contributed by atoms with Gasteiger partial charge in [-0.25, -0.2) is 0 Å². The van der Waals surface area contributed by atoms with Gasteiger partial charge < -0.3 is 9.64 Å². The van der Waals surface area contributed by atoms with Crippen LogP contribution in [0.1, 0.15) is 25.5 Å². The standard InChI is InChI=1S/C12H14Cl2N2O2/c1-12(2)16(11(17)10(13)14)7-9(18-12)8-4-3-5-15-6-8/h3-6,9-10H,7H2,1-2H3. The summed E-state index contributed by atoms with van der Waals surface area (Å²) in [5.41, 5.74) is 0.209. The van der Waals surface area contributed by atoms with Crippen LogP contribution in [0.5, 0.6) is 0 Å². The van der Waals surface area contributed by atoms with Gasteiger partial charge in [0.25, 0.3) is 5.91 Å². The van der Waals surface area contributed by atoms with E-state index in [1.54, 1.807) is 17.3 Å². The second-order valence-electron chi connectivity index (χ2n) is 4.59. The largest absolute Gasteiger partial charge is 0.346 e. The monoisotopic (exact) mass is 288 g/mol. The number of ether oxygens (including phenoxy) is 1. The molecule has 0 aliphatic carbocycles. The van der Waals surface area contributed by atoms with E-state index in [0.29, 0.717) is 6.54 Å². The predicted molar refractivity (Wildman–Crippen MR) is 69.3 cm³/mol. The van der Waals surface area contributed by atoms with Crippen LogP contribution in [0.2, 0.25) is 0 Å². The lowest BCUT2D eigenvalue weighted by atomic mass is 10.1. The molecule has 1 aliphatic rings. The van der Waals surface area contributed by atoms with Crippen LogP contribution in [0.15, 0.2) is 24.5 Å². The summed E-state index contributed by atoms with van der Waals surface area (Å²) < 4.78 is 5.87. The van der Waals surface area contributed by atoms with Crippen molar-refractivity contribution in [3.8, 4) is 0 Å². The van der Waals surface area contributed by atoms with Crippen molar-refractivity contribution in [1.82, 2.24) is 9.88 Å². The van der Waals surface area contributed by atoms with Crippen molar-refractivity contribution in [2.24, 2.45) is 0 Å². The van der Waals surface area contributed by atoms with Gasteiger partial charge >= 0.3 is 0 Å². The summed E-state index contributed by atoms with van der Waals surface area (Å²) in [6, 6.07) is 3.75. The highest BCUT2D eigenvalue weighted by Crippen LogP contribution is 2.36. The molecule has 6 heteroatoms. The van der Waals surface area contributed by atoms with Crippen LogP contribution in [0.3, 0.4) is 0 Å². The minimum absolute atomic E-state index is 0.204.